The van der Waals surface area contributed by atoms with Crippen LogP contribution in [0.25, 0.3) is 11.0 Å². The molecule has 2 aromatic heterocycles. The Morgan fingerprint density at radius 1 is 1.26 bits per heavy atom. The van der Waals surface area contributed by atoms with Gasteiger partial charge >= 0.3 is 5.88 Å². The predicted octanol–water partition coefficient (Wildman–Crippen LogP) is 4.01. The molecule has 0 amide bonds. The molecule has 19 heavy (non-hydrogen) atoms. The zero-order valence-corrected chi connectivity index (χ0v) is 10.6. The van der Waals surface area contributed by atoms with Gasteiger partial charge in [-0.3, -0.25) is 10.1 Å². The van der Waals surface area contributed by atoms with Crippen LogP contribution in [-0.4, -0.2) is 4.92 Å². The minimum atomic E-state index is -0.503. The third-order valence-electron chi connectivity index (χ3n) is 2.76. The van der Waals surface area contributed by atoms with Gasteiger partial charge in [0, 0.05) is 11.4 Å². The van der Waals surface area contributed by atoms with E-state index >= 15 is 0 Å². The number of hydrogen-bond donors (Lipinski definition) is 1. The summed E-state index contributed by atoms with van der Waals surface area (Å²) in [6, 6.07) is 11.1. The summed E-state index contributed by atoms with van der Waals surface area (Å²) in [7, 11) is 0. The maximum Gasteiger partial charge on any atom is 0.457 e. The first kappa shape index (κ1) is 11.7. The molecular weight excluding hydrogens is 264 g/mol. The summed E-state index contributed by atoms with van der Waals surface area (Å²) in [5.74, 6) is -0.238. The minimum absolute atomic E-state index is 0.238. The van der Waals surface area contributed by atoms with Crippen LogP contribution in [0.4, 0.5) is 11.6 Å². The molecule has 0 spiro atoms. The van der Waals surface area contributed by atoms with Crippen LogP contribution in [0, 0.1) is 10.1 Å². The lowest BCUT2D eigenvalue weighted by Gasteiger charge is -2.01. The van der Waals surface area contributed by atoms with Crippen LogP contribution >= 0.6 is 11.3 Å². The van der Waals surface area contributed by atoms with Crippen LogP contribution in [0.15, 0.2) is 46.2 Å². The Morgan fingerprint density at radius 2 is 2.11 bits per heavy atom. The summed E-state index contributed by atoms with van der Waals surface area (Å²) in [5.41, 5.74) is 0.955. The van der Waals surface area contributed by atoms with E-state index in [1.54, 1.807) is 23.5 Å². The van der Waals surface area contributed by atoms with Crippen molar-refractivity contribution >= 4 is 33.9 Å². The number of nitrogens with zero attached hydrogens (tertiary/aromatic N) is 1. The smallest absolute Gasteiger partial charge is 0.399 e. The average molecular weight is 274 g/mol. The van der Waals surface area contributed by atoms with E-state index in [9.17, 15) is 10.1 Å². The van der Waals surface area contributed by atoms with Gasteiger partial charge in [-0.1, -0.05) is 18.2 Å². The van der Waals surface area contributed by atoms with E-state index in [0.717, 1.165) is 10.3 Å². The van der Waals surface area contributed by atoms with Crippen LogP contribution < -0.4 is 5.32 Å². The lowest BCUT2D eigenvalue weighted by atomic mass is 10.2. The normalized spacial score (nSPS) is 10.7. The summed E-state index contributed by atoms with van der Waals surface area (Å²) >= 11 is 1.60. The zero-order chi connectivity index (χ0) is 13.2. The topological polar surface area (TPSA) is 68.3 Å². The summed E-state index contributed by atoms with van der Waals surface area (Å²) in [6.45, 7) is 0.544. The van der Waals surface area contributed by atoms with Crippen LogP contribution in [0.3, 0.4) is 0 Å². The minimum Gasteiger partial charge on any atom is -0.399 e. The first-order chi connectivity index (χ1) is 9.25. The fourth-order valence-corrected chi connectivity index (χ4v) is 2.57. The first-order valence-electron chi connectivity index (χ1n) is 5.68. The van der Waals surface area contributed by atoms with Crippen molar-refractivity contribution in [2.75, 3.05) is 5.32 Å². The van der Waals surface area contributed by atoms with E-state index in [2.05, 4.69) is 5.32 Å². The van der Waals surface area contributed by atoms with Crippen molar-refractivity contribution in [3.05, 3.63) is 56.8 Å². The Hall–Kier alpha value is -2.34. The monoisotopic (exact) mass is 274 g/mol. The van der Waals surface area contributed by atoms with E-state index < -0.39 is 4.92 Å². The molecule has 1 aromatic carbocycles. The van der Waals surface area contributed by atoms with Crippen molar-refractivity contribution in [3.63, 3.8) is 0 Å². The second kappa shape index (κ2) is 4.74. The van der Waals surface area contributed by atoms with E-state index in [1.807, 2.05) is 29.6 Å². The molecule has 6 heteroatoms. The Morgan fingerprint density at radius 3 is 2.84 bits per heavy atom. The SMILES string of the molecule is O=[N+]([O-])c1oc2ccccc2c1NCc1cccs1. The second-order valence-corrected chi connectivity index (χ2v) is 5.00. The van der Waals surface area contributed by atoms with E-state index in [-0.39, 0.29) is 5.88 Å². The molecule has 0 aliphatic carbocycles. The molecule has 0 saturated carbocycles. The van der Waals surface area contributed by atoms with Gasteiger partial charge in [0.15, 0.2) is 5.69 Å². The summed E-state index contributed by atoms with van der Waals surface area (Å²) in [5, 5.41) is 16.8. The van der Waals surface area contributed by atoms with Gasteiger partial charge < -0.3 is 9.73 Å². The van der Waals surface area contributed by atoms with Crippen molar-refractivity contribution in [1.29, 1.82) is 0 Å². The highest BCUT2D eigenvalue weighted by Crippen LogP contribution is 2.36. The third-order valence-corrected chi connectivity index (χ3v) is 3.64. The molecule has 0 bridgehead atoms. The summed E-state index contributed by atoms with van der Waals surface area (Å²) < 4.78 is 5.27. The van der Waals surface area contributed by atoms with Crippen molar-refractivity contribution < 1.29 is 9.34 Å². The highest BCUT2D eigenvalue weighted by atomic mass is 32.1. The van der Waals surface area contributed by atoms with Gasteiger partial charge in [-0.2, -0.15) is 0 Å². The maximum atomic E-state index is 11.0. The van der Waals surface area contributed by atoms with Crippen molar-refractivity contribution in [1.82, 2.24) is 0 Å². The van der Waals surface area contributed by atoms with E-state index in [0.29, 0.717) is 17.8 Å². The molecule has 3 aromatic rings. The average Bonchev–Trinajstić information content (AvgIpc) is 3.03. The molecule has 0 aliphatic rings. The van der Waals surface area contributed by atoms with Crippen LogP contribution in [0.5, 0.6) is 0 Å². The van der Waals surface area contributed by atoms with Crippen LogP contribution in [-0.2, 0) is 6.54 Å². The fourth-order valence-electron chi connectivity index (χ4n) is 1.92. The maximum absolute atomic E-state index is 11.0. The Balaban J connectivity index is 2.00. The molecular formula is C13H10N2O3S. The summed E-state index contributed by atoms with van der Waals surface area (Å²) in [6.07, 6.45) is 0. The number of hydrogen-bond acceptors (Lipinski definition) is 5. The number of para-hydroxylation sites is 1. The van der Waals surface area contributed by atoms with Gasteiger partial charge in [0.05, 0.1) is 5.39 Å². The van der Waals surface area contributed by atoms with Crippen LogP contribution in [0.2, 0.25) is 0 Å². The van der Waals surface area contributed by atoms with Gasteiger partial charge in [0.2, 0.25) is 0 Å². The molecule has 2 heterocycles. The number of furan rings is 1. The standard InChI is InChI=1S/C13H10N2O3S/c16-15(17)13-12(14-8-9-4-3-7-19-9)10-5-1-2-6-11(10)18-13/h1-7,14H,8H2. The number of fused-ring (bicyclic) bond motifs is 1. The first-order valence-corrected chi connectivity index (χ1v) is 6.56. The zero-order valence-electron chi connectivity index (χ0n) is 9.83. The van der Waals surface area contributed by atoms with Gasteiger partial charge in [0.1, 0.15) is 10.5 Å². The van der Waals surface area contributed by atoms with Crippen LogP contribution in [0.1, 0.15) is 4.88 Å². The van der Waals surface area contributed by atoms with Crippen molar-refractivity contribution in [2.45, 2.75) is 6.54 Å². The van der Waals surface area contributed by atoms with Gasteiger partial charge in [0.25, 0.3) is 0 Å². The van der Waals surface area contributed by atoms with Crippen molar-refractivity contribution in [2.24, 2.45) is 0 Å². The number of rotatable bonds is 4. The highest BCUT2D eigenvalue weighted by molar-refractivity contribution is 7.09. The molecule has 0 aliphatic heterocycles. The largest absolute Gasteiger partial charge is 0.457 e. The molecule has 0 unspecified atom stereocenters. The quantitative estimate of drug-likeness (QED) is 0.576. The number of thiophene rings is 1. The molecule has 1 N–H and O–H groups in total. The fraction of sp³-hybridized carbons (Fsp3) is 0.0769. The summed E-state index contributed by atoms with van der Waals surface area (Å²) in [4.78, 5) is 11.6. The van der Waals surface area contributed by atoms with E-state index in [1.165, 1.54) is 0 Å². The molecule has 5 nitrogen and oxygen atoms in total. The molecule has 0 atom stereocenters. The number of anilines is 1. The molecule has 0 radical (unpaired) electrons. The number of nitrogens with one attached hydrogen (secondary N) is 1. The lowest BCUT2D eigenvalue weighted by Crippen LogP contribution is -1.99. The van der Waals surface area contributed by atoms with Gasteiger partial charge in [-0.05, 0) is 23.6 Å². The number of nitro groups is 1. The Bertz CT molecular complexity index is 719. The third kappa shape index (κ3) is 2.17. The van der Waals surface area contributed by atoms with Gasteiger partial charge in [-0.15, -0.1) is 11.3 Å². The number of benzene rings is 1. The Labute approximate surface area is 112 Å². The molecule has 0 saturated heterocycles. The Kier molecular flexibility index (Phi) is 2.92. The lowest BCUT2D eigenvalue weighted by molar-refractivity contribution is -0.400. The molecule has 96 valence electrons. The molecule has 3 rings (SSSR count). The van der Waals surface area contributed by atoms with Crippen molar-refractivity contribution in [3.8, 4) is 0 Å². The predicted molar refractivity (Wildman–Crippen MR) is 74.5 cm³/mol. The molecule has 0 fully saturated rings. The second-order valence-electron chi connectivity index (χ2n) is 3.97. The van der Waals surface area contributed by atoms with Gasteiger partial charge in [-0.25, -0.2) is 0 Å². The highest BCUT2D eigenvalue weighted by Gasteiger charge is 2.23. The van der Waals surface area contributed by atoms with E-state index in [4.69, 9.17) is 4.42 Å².